The Kier molecular flexibility index (Phi) is 4.67. The maximum atomic E-state index is 13.1. The van der Waals surface area contributed by atoms with Crippen LogP contribution in [0.2, 0.25) is 5.02 Å². The smallest absolute Gasteiger partial charge is 0.333 e. The van der Waals surface area contributed by atoms with Gasteiger partial charge in [0.1, 0.15) is 22.0 Å². The second-order valence-electron chi connectivity index (χ2n) is 9.40. The molecule has 0 radical (unpaired) electrons. The molecule has 9 nitrogen and oxygen atoms in total. The number of fused-ring (bicyclic) bond motifs is 3. The number of piperidine rings is 1. The van der Waals surface area contributed by atoms with E-state index in [2.05, 4.69) is 30.6 Å². The average molecular weight is 528 g/mol. The van der Waals surface area contributed by atoms with Crippen molar-refractivity contribution in [2.75, 3.05) is 24.5 Å². The summed E-state index contributed by atoms with van der Waals surface area (Å²) >= 11 is 8.28. The lowest BCUT2D eigenvalue weighted by molar-refractivity contribution is 0.0574. The van der Waals surface area contributed by atoms with E-state index in [1.54, 1.807) is 29.7 Å². The van der Waals surface area contributed by atoms with Gasteiger partial charge >= 0.3 is 6.55 Å². The highest BCUT2D eigenvalue weighted by molar-refractivity contribution is 7.09. The lowest BCUT2D eigenvalue weighted by Gasteiger charge is -2.25. The quantitative estimate of drug-likeness (QED) is 0.353. The molecule has 0 spiro atoms. The molecule has 4 aromatic heterocycles. The predicted octanol–water partition coefficient (Wildman–Crippen LogP) is 4.15. The summed E-state index contributed by atoms with van der Waals surface area (Å²) in [4.78, 5) is 16.4. The molecule has 5 aromatic rings. The molecular formula is C23H20ClF2N9S. The van der Waals surface area contributed by atoms with E-state index < -0.39 is 6.55 Å². The van der Waals surface area contributed by atoms with Crippen LogP contribution >= 0.6 is 22.9 Å². The summed E-state index contributed by atoms with van der Waals surface area (Å²) in [5.74, 6) is 1.66. The summed E-state index contributed by atoms with van der Waals surface area (Å²) in [7, 11) is 0. The van der Waals surface area contributed by atoms with Crippen LogP contribution in [0.25, 0.3) is 33.3 Å². The highest BCUT2D eigenvalue weighted by atomic mass is 35.5. The van der Waals surface area contributed by atoms with Crippen molar-refractivity contribution in [3.63, 3.8) is 0 Å². The van der Waals surface area contributed by atoms with Crippen LogP contribution in [0.4, 0.5) is 14.6 Å². The van der Waals surface area contributed by atoms with Gasteiger partial charge in [0, 0.05) is 53.3 Å². The summed E-state index contributed by atoms with van der Waals surface area (Å²) in [5.41, 5.74) is 9.79. The molecule has 0 unspecified atom stereocenters. The molecule has 0 bridgehead atoms. The number of halogens is 3. The number of thiazole rings is 1. The molecule has 7 rings (SSSR count). The van der Waals surface area contributed by atoms with Crippen molar-refractivity contribution in [3.8, 4) is 11.3 Å². The fraction of sp³-hybridized carbons (Fsp3) is 0.348. The van der Waals surface area contributed by atoms with Crippen molar-refractivity contribution in [2.24, 2.45) is 17.6 Å². The molecule has 1 aliphatic heterocycles. The van der Waals surface area contributed by atoms with E-state index in [1.807, 2.05) is 6.92 Å². The molecule has 2 fully saturated rings. The van der Waals surface area contributed by atoms with Crippen LogP contribution in [0.1, 0.15) is 17.3 Å². The number of nitrogens with zero attached hydrogens (tertiary/aromatic N) is 7. The van der Waals surface area contributed by atoms with Crippen molar-refractivity contribution in [1.82, 2.24) is 34.9 Å². The van der Waals surface area contributed by atoms with Crippen LogP contribution < -0.4 is 10.6 Å². The average Bonchev–Trinajstić information content (AvgIpc) is 3.49. The van der Waals surface area contributed by atoms with Gasteiger partial charge < -0.3 is 10.6 Å². The van der Waals surface area contributed by atoms with E-state index >= 15 is 0 Å². The molecule has 13 heteroatoms. The Morgan fingerprint density at radius 1 is 1.28 bits per heavy atom. The summed E-state index contributed by atoms with van der Waals surface area (Å²) < 4.78 is 26.7. The number of hydrogen-bond donors (Lipinski definition) is 2. The second kappa shape index (κ2) is 7.64. The van der Waals surface area contributed by atoms with E-state index in [9.17, 15) is 8.78 Å². The number of hydrogen-bond acceptors (Lipinski definition) is 8. The van der Waals surface area contributed by atoms with Crippen molar-refractivity contribution in [3.05, 3.63) is 45.6 Å². The zero-order chi connectivity index (χ0) is 24.8. The standard InChI is InChI=1S/C23H20ClF2N9S/c1-10-8-36-21(29-10)23(9-27)13-6-34(7-14(13)23)16-4-28-19-18(31-32-20(19)30-16)11-2-3-15-12(17(11)24)5-35(33-15)22(25)26/h2-5,8,13-14,22H,6-7,9,27H2,1H3,(H,30,31,32)/t13-,14+,23-. The van der Waals surface area contributed by atoms with Crippen molar-refractivity contribution >= 4 is 50.8 Å². The fourth-order valence-corrected chi connectivity index (χ4v) is 7.13. The molecule has 0 amide bonds. The van der Waals surface area contributed by atoms with Gasteiger partial charge in [-0.2, -0.15) is 19.0 Å². The van der Waals surface area contributed by atoms with Crippen molar-refractivity contribution < 1.29 is 8.78 Å². The fourth-order valence-electron chi connectivity index (χ4n) is 5.69. The van der Waals surface area contributed by atoms with Gasteiger partial charge in [-0.05, 0) is 30.9 Å². The zero-order valence-electron chi connectivity index (χ0n) is 19.0. The first-order valence-corrected chi connectivity index (χ1v) is 12.7. The minimum atomic E-state index is -2.75. The summed E-state index contributed by atoms with van der Waals surface area (Å²) in [5, 5.41) is 15.1. The van der Waals surface area contributed by atoms with Gasteiger partial charge in [-0.3, -0.25) is 5.10 Å². The first-order valence-electron chi connectivity index (χ1n) is 11.5. The lowest BCUT2D eigenvalue weighted by Crippen LogP contribution is -2.35. The third kappa shape index (κ3) is 2.98. The number of H-pyrrole nitrogens is 1. The number of benzene rings is 1. The van der Waals surface area contributed by atoms with Crippen LogP contribution in [0, 0.1) is 18.8 Å². The summed E-state index contributed by atoms with van der Waals surface area (Å²) in [6.07, 6.45) is 2.97. The maximum absolute atomic E-state index is 13.1. The summed E-state index contributed by atoms with van der Waals surface area (Å²) in [6.45, 7) is 1.56. The Morgan fingerprint density at radius 2 is 2.08 bits per heavy atom. The Morgan fingerprint density at radius 3 is 2.78 bits per heavy atom. The van der Waals surface area contributed by atoms with Crippen molar-refractivity contribution in [1.29, 1.82) is 0 Å². The minimum Gasteiger partial charge on any atom is -0.355 e. The van der Waals surface area contributed by atoms with Crippen LogP contribution in [0.15, 0.2) is 29.9 Å². The van der Waals surface area contributed by atoms with Gasteiger partial charge in [0.15, 0.2) is 5.65 Å². The van der Waals surface area contributed by atoms with Gasteiger partial charge in [-0.1, -0.05) is 11.6 Å². The van der Waals surface area contributed by atoms with Gasteiger partial charge in [0.05, 0.1) is 16.7 Å². The van der Waals surface area contributed by atoms with Gasteiger partial charge in [0.2, 0.25) is 0 Å². The molecule has 3 atom stereocenters. The monoisotopic (exact) mass is 527 g/mol. The summed E-state index contributed by atoms with van der Waals surface area (Å²) in [6, 6.07) is 3.35. The van der Waals surface area contributed by atoms with Crippen LogP contribution in [-0.2, 0) is 5.41 Å². The Hall–Kier alpha value is -3.22. The first-order chi connectivity index (χ1) is 17.4. The van der Waals surface area contributed by atoms with E-state index in [-0.39, 0.29) is 10.4 Å². The lowest BCUT2D eigenvalue weighted by atomic mass is 10.0. The third-order valence-corrected chi connectivity index (χ3v) is 9.13. The van der Waals surface area contributed by atoms with Crippen LogP contribution in [0.5, 0.6) is 0 Å². The van der Waals surface area contributed by atoms with E-state index in [4.69, 9.17) is 27.3 Å². The minimum absolute atomic E-state index is 0.0262. The predicted molar refractivity (Wildman–Crippen MR) is 133 cm³/mol. The van der Waals surface area contributed by atoms with Crippen LogP contribution in [0.3, 0.4) is 0 Å². The Labute approximate surface area is 212 Å². The Balaban J connectivity index is 1.18. The van der Waals surface area contributed by atoms with Crippen LogP contribution in [-0.4, -0.2) is 54.6 Å². The van der Waals surface area contributed by atoms with Crippen molar-refractivity contribution in [2.45, 2.75) is 18.9 Å². The van der Waals surface area contributed by atoms with Gasteiger partial charge in [-0.15, -0.1) is 11.3 Å². The van der Waals surface area contributed by atoms with E-state index in [0.29, 0.717) is 56.4 Å². The highest BCUT2D eigenvalue weighted by Crippen LogP contribution is 2.63. The topological polar surface area (TPSA) is 114 Å². The molecule has 3 N–H and O–H groups in total. The zero-order valence-corrected chi connectivity index (χ0v) is 20.6. The Bertz CT molecular complexity index is 1630. The molecule has 2 aliphatic rings. The molecule has 5 heterocycles. The molecule has 36 heavy (non-hydrogen) atoms. The molecule has 184 valence electrons. The number of rotatable bonds is 5. The second-order valence-corrected chi connectivity index (χ2v) is 10.6. The van der Waals surface area contributed by atoms with E-state index in [0.717, 1.165) is 29.6 Å². The van der Waals surface area contributed by atoms with E-state index in [1.165, 1.54) is 6.20 Å². The third-order valence-electron chi connectivity index (χ3n) is 7.57. The highest BCUT2D eigenvalue weighted by Gasteiger charge is 2.69. The number of aromatic amines is 1. The molecule has 1 saturated carbocycles. The number of alkyl halides is 2. The number of aryl methyl sites for hydroxylation is 1. The molecule has 1 aliphatic carbocycles. The number of aromatic nitrogens is 7. The number of nitrogens with two attached hydrogens (primary N) is 1. The SMILES string of the molecule is Cc1csc([C@]2(CN)[C@@H]3CN(c4cnc5c(-c6ccc7nn(C(F)F)cc7c6Cl)n[nH]c5n4)C[C@@H]32)n1. The number of anilines is 1. The normalized spacial score (nSPS) is 23.3. The van der Waals surface area contributed by atoms with Gasteiger partial charge in [-0.25, -0.2) is 19.6 Å². The molecule has 1 saturated heterocycles. The largest absolute Gasteiger partial charge is 0.355 e. The molecular weight excluding hydrogens is 508 g/mol. The first kappa shape index (κ1) is 22.0. The van der Waals surface area contributed by atoms with Gasteiger partial charge in [0.25, 0.3) is 0 Å². The molecule has 1 aromatic carbocycles. The number of nitrogens with one attached hydrogen (secondary N) is 1. The maximum Gasteiger partial charge on any atom is 0.333 e.